The van der Waals surface area contributed by atoms with Gasteiger partial charge in [0.25, 0.3) is 5.56 Å². The van der Waals surface area contributed by atoms with Crippen LogP contribution in [0.25, 0.3) is 0 Å². The number of benzene rings is 1. The van der Waals surface area contributed by atoms with Crippen LogP contribution in [0.3, 0.4) is 0 Å². The van der Waals surface area contributed by atoms with Crippen molar-refractivity contribution in [2.45, 2.75) is 12.5 Å². The third kappa shape index (κ3) is 2.76. The maximum absolute atomic E-state index is 12.5. The highest BCUT2D eigenvalue weighted by Crippen LogP contribution is 2.32. The van der Waals surface area contributed by atoms with Gasteiger partial charge in [0.2, 0.25) is 5.88 Å². The van der Waals surface area contributed by atoms with Gasteiger partial charge in [-0.3, -0.25) is 13.9 Å². The van der Waals surface area contributed by atoms with E-state index in [1.807, 2.05) is 0 Å². The number of aromatic nitrogens is 2. The molecule has 0 bridgehead atoms. The number of hydrogen-bond donors (Lipinski definition) is 3. The Bertz CT molecular complexity index is 993. The van der Waals surface area contributed by atoms with Crippen LogP contribution in [0.15, 0.2) is 28.1 Å². The minimum atomic E-state index is -0.403. The molecule has 1 aromatic heterocycles. The zero-order valence-electron chi connectivity index (χ0n) is 14.0. The average molecular weight is 362 g/mol. The lowest BCUT2D eigenvalue weighted by molar-refractivity contribution is 0.372. The molecule has 0 spiro atoms. The highest BCUT2D eigenvalue weighted by Gasteiger charge is 2.27. The van der Waals surface area contributed by atoms with Crippen molar-refractivity contribution in [1.29, 1.82) is 0 Å². The fourth-order valence-corrected chi connectivity index (χ4v) is 2.97. The summed E-state index contributed by atoms with van der Waals surface area (Å²) in [5.41, 5.74) is 3.87. The van der Waals surface area contributed by atoms with Crippen LogP contribution in [0.1, 0.15) is 23.6 Å². The van der Waals surface area contributed by atoms with Crippen LogP contribution >= 0.6 is 12.2 Å². The van der Waals surface area contributed by atoms with Gasteiger partial charge in [0.1, 0.15) is 5.56 Å². The Hall–Kier alpha value is -2.81. The molecule has 132 valence electrons. The van der Waals surface area contributed by atoms with Crippen molar-refractivity contribution in [3.63, 3.8) is 0 Å². The summed E-state index contributed by atoms with van der Waals surface area (Å²) in [5.74, 6) is 0.185. The van der Waals surface area contributed by atoms with Crippen molar-refractivity contribution >= 4 is 17.9 Å². The first-order valence-corrected chi connectivity index (χ1v) is 7.94. The normalized spacial score (nSPS) is 16.4. The Morgan fingerprint density at radius 1 is 1.32 bits per heavy atom. The van der Waals surface area contributed by atoms with Gasteiger partial charge >= 0.3 is 0 Å². The SMILES string of the molecule is COc1ccc([C@@H]2CC(c3c(O)n(C)c(=S)n(C)c3=O)=NN2)cc1O. The lowest BCUT2D eigenvalue weighted by Crippen LogP contribution is -2.28. The van der Waals surface area contributed by atoms with Gasteiger partial charge in [0, 0.05) is 20.5 Å². The minimum absolute atomic E-state index is 0.0240. The molecule has 0 aliphatic carbocycles. The molecule has 0 unspecified atom stereocenters. The fourth-order valence-electron chi connectivity index (χ4n) is 2.80. The Morgan fingerprint density at radius 3 is 2.68 bits per heavy atom. The molecular weight excluding hydrogens is 344 g/mol. The molecule has 1 aliphatic rings. The largest absolute Gasteiger partial charge is 0.504 e. The molecule has 2 aromatic rings. The molecule has 2 heterocycles. The second-order valence-electron chi connectivity index (χ2n) is 5.78. The first-order chi connectivity index (χ1) is 11.8. The first-order valence-electron chi connectivity index (χ1n) is 7.53. The van der Waals surface area contributed by atoms with E-state index in [2.05, 4.69) is 10.5 Å². The molecular formula is C16H18N4O4S. The molecule has 3 rings (SSSR count). The van der Waals surface area contributed by atoms with Crippen molar-refractivity contribution < 1.29 is 14.9 Å². The standard InChI is InChI=1S/C16H18N4O4S/c1-19-14(22)13(15(23)20(2)16(19)25)10-7-9(17-18-10)8-4-5-12(24-3)11(21)6-8/h4-6,9,17,21-22H,7H2,1-3H3/t9-/m0/s1. The van der Waals surface area contributed by atoms with Crippen LogP contribution in [0.5, 0.6) is 17.4 Å². The Kier molecular flexibility index (Phi) is 4.25. The summed E-state index contributed by atoms with van der Waals surface area (Å²) in [6.45, 7) is 0. The number of phenolic OH excluding ortho intramolecular Hbond substituents is 1. The van der Waals surface area contributed by atoms with Gasteiger partial charge < -0.3 is 20.4 Å². The summed E-state index contributed by atoms with van der Waals surface area (Å²) >= 11 is 5.11. The van der Waals surface area contributed by atoms with E-state index in [0.29, 0.717) is 17.9 Å². The predicted octanol–water partition coefficient (Wildman–Crippen LogP) is 1.31. The highest BCUT2D eigenvalue weighted by molar-refractivity contribution is 7.71. The number of nitrogens with zero attached hydrogens (tertiary/aromatic N) is 3. The predicted molar refractivity (Wildman–Crippen MR) is 94.8 cm³/mol. The molecule has 9 heteroatoms. The number of phenols is 1. The maximum Gasteiger partial charge on any atom is 0.267 e. The molecule has 1 atom stereocenters. The molecule has 1 aliphatic heterocycles. The van der Waals surface area contributed by atoms with E-state index in [1.54, 1.807) is 32.3 Å². The second kappa shape index (κ2) is 6.25. The van der Waals surface area contributed by atoms with Crippen LogP contribution < -0.4 is 15.7 Å². The number of rotatable bonds is 3. The van der Waals surface area contributed by atoms with E-state index < -0.39 is 5.56 Å². The molecule has 1 aromatic carbocycles. The summed E-state index contributed by atoms with van der Waals surface area (Å²) in [5, 5.41) is 24.5. The molecule has 0 radical (unpaired) electrons. The summed E-state index contributed by atoms with van der Waals surface area (Å²) in [7, 11) is 4.61. The van der Waals surface area contributed by atoms with Crippen LogP contribution in [0.4, 0.5) is 0 Å². The lowest BCUT2D eigenvalue weighted by atomic mass is 9.99. The Morgan fingerprint density at radius 2 is 2.04 bits per heavy atom. The van der Waals surface area contributed by atoms with E-state index >= 15 is 0 Å². The number of nitrogens with one attached hydrogen (secondary N) is 1. The quantitative estimate of drug-likeness (QED) is 0.712. The number of methoxy groups -OCH3 is 1. The lowest BCUT2D eigenvalue weighted by Gasteiger charge is -2.13. The van der Waals surface area contributed by atoms with Crippen molar-refractivity contribution in [3.05, 3.63) is 44.5 Å². The van der Waals surface area contributed by atoms with Gasteiger partial charge in [0.15, 0.2) is 16.3 Å². The molecule has 0 saturated carbocycles. The topological polar surface area (TPSA) is 101 Å². The summed E-state index contributed by atoms with van der Waals surface area (Å²) in [6.07, 6.45) is 0.380. The van der Waals surface area contributed by atoms with Crippen molar-refractivity contribution in [2.75, 3.05) is 7.11 Å². The second-order valence-corrected chi connectivity index (χ2v) is 6.15. The Balaban J connectivity index is 1.95. The Labute approximate surface area is 148 Å². The molecule has 3 N–H and O–H groups in total. The van der Waals surface area contributed by atoms with Crippen LogP contribution in [-0.4, -0.2) is 32.2 Å². The maximum atomic E-state index is 12.5. The third-order valence-corrected chi connectivity index (χ3v) is 4.83. The van der Waals surface area contributed by atoms with Gasteiger partial charge in [-0.2, -0.15) is 5.10 Å². The zero-order valence-corrected chi connectivity index (χ0v) is 14.8. The van der Waals surface area contributed by atoms with E-state index in [-0.39, 0.29) is 28.0 Å². The van der Waals surface area contributed by atoms with E-state index in [0.717, 1.165) is 5.56 Å². The van der Waals surface area contributed by atoms with Crippen LogP contribution in [0.2, 0.25) is 0 Å². The van der Waals surface area contributed by atoms with Gasteiger partial charge in [-0.15, -0.1) is 0 Å². The van der Waals surface area contributed by atoms with Gasteiger partial charge in [-0.05, 0) is 29.9 Å². The molecule has 0 saturated heterocycles. The van der Waals surface area contributed by atoms with Gasteiger partial charge in [-0.1, -0.05) is 6.07 Å². The minimum Gasteiger partial charge on any atom is -0.504 e. The van der Waals surface area contributed by atoms with Crippen molar-refractivity contribution in [1.82, 2.24) is 14.6 Å². The van der Waals surface area contributed by atoms with E-state index in [4.69, 9.17) is 17.0 Å². The van der Waals surface area contributed by atoms with Crippen molar-refractivity contribution in [3.8, 4) is 17.4 Å². The summed E-state index contributed by atoms with van der Waals surface area (Å²) < 4.78 is 7.90. The highest BCUT2D eigenvalue weighted by atomic mass is 32.1. The average Bonchev–Trinajstić information content (AvgIpc) is 3.08. The molecule has 25 heavy (non-hydrogen) atoms. The van der Waals surface area contributed by atoms with E-state index in [1.165, 1.54) is 16.2 Å². The van der Waals surface area contributed by atoms with Gasteiger partial charge in [0.05, 0.1) is 18.9 Å². The fraction of sp³-hybridized carbons (Fsp3) is 0.312. The smallest absolute Gasteiger partial charge is 0.267 e. The van der Waals surface area contributed by atoms with Crippen LogP contribution in [-0.2, 0) is 14.1 Å². The molecule has 0 amide bonds. The van der Waals surface area contributed by atoms with E-state index in [9.17, 15) is 15.0 Å². The summed E-state index contributed by atoms with van der Waals surface area (Å²) in [6, 6.07) is 4.81. The van der Waals surface area contributed by atoms with Gasteiger partial charge in [-0.25, -0.2) is 0 Å². The zero-order chi connectivity index (χ0) is 18.3. The third-order valence-electron chi connectivity index (χ3n) is 4.28. The monoisotopic (exact) mass is 362 g/mol. The number of ether oxygens (including phenoxy) is 1. The number of hydrogen-bond acceptors (Lipinski definition) is 7. The molecule has 8 nitrogen and oxygen atoms in total. The number of hydrazone groups is 1. The summed E-state index contributed by atoms with van der Waals surface area (Å²) in [4.78, 5) is 12.5. The molecule has 0 fully saturated rings. The van der Waals surface area contributed by atoms with Crippen molar-refractivity contribution in [2.24, 2.45) is 19.2 Å². The van der Waals surface area contributed by atoms with Crippen LogP contribution in [0, 0.1) is 4.77 Å². The first kappa shape index (κ1) is 17.0. The number of aromatic hydroxyl groups is 2.